The molecule has 0 aliphatic carbocycles. The molecule has 0 amide bonds. The van der Waals surface area contributed by atoms with E-state index < -0.39 is 0 Å². The molecule has 0 bridgehead atoms. The number of aromatic nitrogens is 2. The molecule has 1 aliphatic heterocycles. The number of anilines is 1. The highest BCUT2D eigenvalue weighted by molar-refractivity contribution is 5.41. The normalized spacial score (nSPS) is 18.2. The van der Waals surface area contributed by atoms with Crippen LogP contribution in [-0.2, 0) is 4.74 Å². The average Bonchev–Trinajstić information content (AvgIpc) is 2.55. The number of hydrogen-bond donors (Lipinski definition) is 1. The number of nitrogens with two attached hydrogens (primary N) is 1. The van der Waals surface area contributed by atoms with Crippen molar-refractivity contribution in [1.82, 2.24) is 9.55 Å². The fourth-order valence-corrected chi connectivity index (χ4v) is 2.51. The fraction of sp³-hybridized carbons (Fsp3) is 0.750. The minimum absolute atomic E-state index is 0.376. The number of hydrogen-bond acceptors (Lipinski definition) is 3. The Morgan fingerprint density at radius 1 is 1.38 bits per heavy atom. The van der Waals surface area contributed by atoms with Crippen LogP contribution in [0.15, 0.2) is 0 Å². The lowest BCUT2D eigenvalue weighted by Gasteiger charge is -2.21. The zero-order valence-corrected chi connectivity index (χ0v) is 10.4. The third kappa shape index (κ3) is 1.94. The van der Waals surface area contributed by atoms with Crippen LogP contribution in [0, 0.1) is 6.92 Å². The molecular formula is C12H21N3O. The predicted molar refractivity (Wildman–Crippen MR) is 64.6 cm³/mol. The number of imidazole rings is 1. The van der Waals surface area contributed by atoms with Crippen LogP contribution in [0.4, 0.5) is 5.82 Å². The molecule has 90 valence electrons. The molecule has 2 N–H and O–H groups in total. The molecule has 1 aromatic heterocycles. The van der Waals surface area contributed by atoms with Gasteiger partial charge in [-0.3, -0.25) is 0 Å². The van der Waals surface area contributed by atoms with Gasteiger partial charge in [-0.25, -0.2) is 4.98 Å². The number of aryl methyl sites for hydroxylation is 1. The Morgan fingerprint density at radius 3 is 2.50 bits per heavy atom. The van der Waals surface area contributed by atoms with Crippen LogP contribution in [0.25, 0.3) is 0 Å². The minimum atomic E-state index is 0.376. The molecule has 2 heterocycles. The Balaban J connectivity index is 2.30. The van der Waals surface area contributed by atoms with Crippen LogP contribution in [0.3, 0.4) is 0 Å². The van der Waals surface area contributed by atoms with Gasteiger partial charge in [-0.15, -0.1) is 0 Å². The first-order valence-electron chi connectivity index (χ1n) is 6.03. The molecule has 0 saturated carbocycles. The van der Waals surface area contributed by atoms with Crippen molar-refractivity contribution in [3.63, 3.8) is 0 Å². The summed E-state index contributed by atoms with van der Waals surface area (Å²) < 4.78 is 7.49. The summed E-state index contributed by atoms with van der Waals surface area (Å²) in [5.41, 5.74) is 7.27. The largest absolute Gasteiger partial charge is 0.384 e. The van der Waals surface area contributed by atoms with Crippen molar-refractivity contribution in [3.05, 3.63) is 11.5 Å². The topological polar surface area (TPSA) is 53.1 Å². The van der Waals surface area contributed by atoms with Gasteiger partial charge < -0.3 is 15.0 Å². The second-order valence-corrected chi connectivity index (χ2v) is 4.78. The highest BCUT2D eigenvalue weighted by atomic mass is 16.5. The molecule has 0 unspecified atom stereocenters. The van der Waals surface area contributed by atoms with E-state index in [1.165, 1.54) is 0 Å². The van der Waals surface area contributed by atoms with Gasteiger partial charge in [0.15, 0.2) is 0 Å². The van der Waals surface area contributed by atoms with Gasteiger partial charge in [-0.2, -0.15) is 0 Å². The molecule has 4 nitrogen and oxygen atoms in total. The molecule has 1 aliphatic rings. The van der Waals surface area contributed by atoms with Gasteiger partial charge in [0, 0.05) is 25.2 Å². The number of ether oxygens (including phenoxy) is 1. The molecule has 16 heavy (non-hydrogen) atoms. The lowest BCUT2D eigenvalue weighted by Crippen LogP contribution is -2.16. The van der Waals surface area contributed by atoms with Gasteiger partial charge >= 0.3 is 0 Å². The van der Waals surface area contributed by atoms with Crippen LogP contribution in [-0.4, -0.2) is 22.8 Å². The van der Waals surface area contributed by atoms with Crippen LogP contribution in [0.2, 0.25) is 0 Å². The van der Waals surface area contributed by atoms with E-state index in [0.717, 1.165) is 43.4 Å². The zero-order valence-electron chi connectivity index (χ0n) is 10.4. The predicted octanol–water partition coefficient (Wildman–Crippen LogP) is 2.25. The first-order chi connectivity index (χ1) is 7.61. The van der Waals surface area contributed by atoms with Gasteiger partial charge in [-0.1, -0.05) is 0 Å². The molecule has 0 atom stereocenters. The van der Waals surface area contributed by atoms with E-state index in [4.69, 9.17) is 10.5 Å². The molecule has 4 heteroatoms. The van der Waals surface area contributed by atoms with Gasteiger partial charge in [-0.05, 0) is 33.6 Å². The molecule has 1 saturated heterocycles. The van der Waals surface area contributed by atoms with E-state index >= 15 is 0 Å². The summed E-state index contributed by atoms with van der Waals surface area (Å²) in [5, 5.41) is 0. The van der Waals surface area contributed by atoms with Gasteiger partial charge in [0.05, 0.1) is 5.69 Å². The first kappa shape index (κ1) is 11.5. The molecule has 0 aromatic carbocycles. The summed E-state index contributed by atoms with van der Waals surface area (Å²) in [6, 6.07) is 0.376. The Morgan fingerprint density at radius 2 is 2.00 bits per heavy atom. The van der Waals surface area contributed by atoms with E-state index in [2.05, 4.69) is 23.4 Å². The van der Waals surface area contributed by atoms with Crippen molar-refractivity contribution >= 4 is 5.82 Å². The van der Waals surface area contributed by atoms with E-state index in [9.17, 15) is 0 Å². The second-order valence-electron chi connectivity index (χ2n) is 4.78. The maximum Gasteiger partial charge on any atom is 0.127 e. The summed E-state index contributed by atoms with van der Waals surface area (Å²) in [6.07, 6.45) is 2.08. The molecule has 1 fully saturated rings. The van der Waals surface area contributed by atoms with E-state index in [-0.39, 0.29) is 0 Å². The van der Waals surface area contributed by atoms with Gasteiger partial charge in [0.25, 0.3) is 0 Å². The van der Waals surface area contributed by atoms with Gasteiger partial charge in [0.1, 0.15) is 11.6 Å². The quantitative estimate of drug-likeness (QED) is 0.836. The number of nitrogens with zero attached hydrogens (tertiary/aromatic N) is 2. The first-order valence-corrected chi connectivity index (χ1v) is 6.03. The van der Waals surface area contributed by atoms with Crippen molar-refractivity contribution in [1.29, 1.82) is 0 Å². The Kier molecular flexibility index (Phi) is 3.19. The lowest BCUT2D eigenvalue weighted by atomic mass is 9.96. The molecule has 2 rings (SSSR count). The van der Waals surface area contributed by atoms with E-state index in [1.54, 1.807) is 0 Å². The summed E-state index contributed by atoms with van der Waals surface area (Å²) in [5.74, 6) is 2.35. The monoisotopic (exact) mass is 223 g/mol. The average molecular weight is 223 g/mol. The lowest BCUT2D eigenvalue weighted by molar-refractivity contribution is 0.0847. The SMILES string of the molecule is Cc1nc(C2CCOCC2)c(N)n1C(C)C. The van der Waals surface area contributed by atoms with E-state index in [0.29, 0.717) is 12.0 Å². The summed E-state index contributed by atoms with van der Waals surface area (Å²) >= 11 is 0. The van der Waals surface area contributed by atoms with E-state index in [1.807, 2.05) is 6.92 Å². The molecule has 1 aromatic rings. The highest BCUT2D eigenvalue weighted by Gasteiger charge is 2.23. The number of nitrogen functional groups attached to an aromatic ring is 1. The highest BCUT2D eigenvalue weighted by Crippen LogP contribution is 2.32. The third-order valence-corrected chi connectivity index (χ3v) is 3.28. The van der Waals surface area contributed by atoms with Gasteiger partial charge in [0.2, 0.25) is 0 Å². The Labute approximate surface area is 96.8 Å². The fourth-order valence-electron chi connectivity index (χ4n) is 2.51. The smallest absolute Gasteiger partial charge is 0.127 e. The van der Waals surface area contributed by atoms with Crippen molar-refractivity contribution in [2.45, 2.75) is 45.6 Å². The van der Waals surface area contributed by atoms with Crippen molar-refractivity contribution in [2.75, 3.05) is 18.9 Å². The molecule has 0 radical (unpaired) electrons. The second kappa shape index (κ2) is 4.45. The summed E-state index contributed by atoms with van der Waals surface area (Å²) in [4.78, 5) is 4.64. The van der Waals surface area contributed by atoms with Crippen LogP contribution < -0.4 is 5.73 Å². The minimum Gasteiger partial charge on any atom is -0.384 e. The van der Waals surface area contributed by atoms with Crippen LogP contribution in [0.1, 0.15) is 50.2 Å². The summed E-state index contributed by atoms with van der Waals surface area (Å²) in [7, 11) is 0. The van der Waals surface area contributed by atoms with Crippen LogP contribution >= 0.6 is 0 Å². The number of rotatable bonds is 2. The third-order valence-electron chi connectivity index (χ3n) is 3.28. The molecular weight excluding hydrogens is 202 g/mol. The Hall–Kier alpha value is -1.03. The summed E-state index contributed by atoms with van der Waals surface area (Å²) in [6.45, 7) is 7.96. The molecule has 0 spiro atoms. The van der Waals surface area contributed by atoms with Crippen LogP contribution in [0.5, 0.6) is 0 Å². The standard InChI is InChI=1S/C12H21N3O/c1-8(2)15-9(3)14-11(12(15)13)10-4-6-16-7-5-10/h8,10H,4-7,13H2,1-3H3. The van der Waals surface area contributed by atoms with Crippen molar-refractivity contribution < 1.29 is 4.74 Å². The maximum absolute atomic E-state index is 6.20. The Bertz CT molecular complexity index is 365. The maximum atomic E-state index is 6.20. The van der Waals surface area contributed by atoms with Crippen molar-refractivity contribution in [2.24, 2.45) is 0 Å². The van der Waals surface area contributed by atoms with Crippen molar-refractivity contribution in [3.8, 4) is 0 Å². The zero-order chi connectivity index (χ0) is 11.7.